The number of rotatable bonds is 4. The van der Waals surface area contributed by atoms with Gasteiger partial charge in [-0.2, -0.15) is 0 Å². The minimum atomic E-state index is -0.145. The van der Waals surface area contributed by atoms with Gasteiger partial charge in [-0.05, 0) is 91.3 Å². The van der Waals surface area contributed by atoms with E-state index in [1.165, 1.54) is 49.5 Å². The summed E-state index contributed by atoms with van der Waals surface area (Å²) in [5.41, 5.74) is 13.4. The summed E-state index contributed by atoms with van der Waals surface area (Å²) in [6.07, 6.45) is 1.84. The van der Waals surface area contributed by atoms with Crippen molar-refractivity contribution in [2.24, 2.45) is 0 Å². The quantitative estimate of drug-likeness (QED) is 0.190. The average molecular weight is 652 g/mol. The Balaban J connectivity index is 1.20. The van der Waals surface area contributed by atoms with Gasteiger partial charge in [0.1, 0.15) is 0 Å². The lowest BCUT2D eigenvalue weighted by atomic mass is 9.81. The third-order valence-corrected chi connectivity index (χ3v) is 10.7. The Hall–Kier alpha value is -6.45. The van der Waals surface area contributed by atoms with Gasteiger partial charge in [-0.1, -0.05) is 135 Å². The normalized spacial score (nSPS) is 13.1. The van der Waals surface area contributed by atoms with Crippen LogP contribution in [0.1, 0.15) is 25.0 Å². The van der Waals surface area contributed by atoms with Crippen molar-refractivity contribution in [3.05, 3.63) is 175 Å². The van der Waals surface area contributed by atoms with E-state index in [4.69, 9.17) is 9.97 Å². The van der Waals surface area contributed by atoms with Crippen LogP contribution in [0.3, 0.4) is 0 Å². The molecule has 2 heterocycles. The van der Waals surface area contributed by atoms with E-state index in [-0.39, 0.29) is 5.41 Å². The summed E-state index contributed by atoms with van der Waals surface area (Å²) in [7, 11) is 0. The van der Waals surface area contributed by atoms with Crippen molar-refractivity contribution in [3.63, 3.8) is 0 Å². The van der Waals surface area contributed by atoms with Gasteiger partial charge in [0.25, 0.3) is 0 Å². The molecule has 0 aliphatic heterocycles. The lowest BCUT2D eigenvalue weighted by Crippen LogP contribution is -2.14. The minimum Gasteiger partial charge on any atom is -0.256 e. The Bertz CT molecular complexity index is 2830. The molecule has 3 nitrogen and oxygen atoms in total. The van der Waals surface area contributed by atoms with Gasteiger partial charge in [0.2, 0.25) is 0 Å². The van der Waals surface area contributed by atoms with Crippen molar-refractivity contribution in [2.45, 2.75) is 19.3 Å². The van der Waals surface area contributed by atoms with Crippen LogP contribution in [0.4, 0.5) is 0 Å². The first-order valence-electron chi connectivity index (χ1n) is 17.5. The molecule has 1 aliphatic carbocycles. The minimum absolute atomic E-state index is 0.145. The first-order valence-corrected chi connectivity index (χ1v) is 17.5. The molecule has 0 saturated carbocycles. The summed E-state index contributed by atoms with van der Waals surface area (Å²) < 4.78 is 0. The third-order valence-electron chi connectivity index (χ3n) is 10.7. The largest absolute Gasteiger partial charge is 0.256 e. The second kappa shape index (κ2) is 11.3. The van der Waals surface area contributed by atoms with Crippen LogP contribution in [0.25, 0.3) is 88.6 Å². The zero-order valence-electron chi connectivity index (χ0n) is 28.4. The number of hydrogen-bond donors (Lipinski definition) is 0. The number of aromatic nitrogens is 3. The Morgan fingerprint density at radius 3 is 1.94 bits per heavy atom. The monoisotopic (exact) mass is 651 g/mol. The van der Waals surface area contributed by atoms with E-state index in [0.29, 0.717) is 5.82 Å². The smallest absolute Gasteiger partial charge is 0.160 e. The van der Waals surface area contributed by atoms with Crippen molar-refractivity contribution in [3.8, 4) is 56.2 Å². The molecule has 0 atom stereocenters. The molecule has 7 aromatic carbocycles. The van der Waals surface area contributed by atoms with E-state index in [1.807, 2.05) is 18.3 Å². The van der Waals surface area contributed by atoms with Gasteiger partial charge in [0.15, 0.2) is 5.82 Å². The maximum atomic E-state index is 5.32. The van der Waals surface area contributed by atoms with E-state index in [0.717, 1.165) is 44.4 Å². The summed E-state index contributed by atoms with van der Waals surface area (Å²) in [4.78, 5) is 15.1. The van der Waals surface area contributed by atoms with Crippen LogP contribution in [0.15, 0.2) is 164 Å². The van der Waals surface area contributed by atoms with Crippen LogP contribution < -0.4 is 0 Å². The van der Waals surface area contributed by atoms with Gasteiger partial charge in [0, 0.05) is 33.7 Å². The lowest BCUT2D eigenvalue weighted by molar-refractivity contribution is 0.661. The standard InChI is InChI=1S/C48H33N3/c1-48(2)41-20-10-19-39(46(41)40-27-31-14-6-7-15-32(31)28-42(40)48)45-29-44(50-47(51-45)30-12-4-3-5-13-30)38-23-22-35(36-17-8-9-18-37(36)38)33-21-24-43-34(26-33)16-11-25-49-43/h3-29H,1-2H3. The highest BCUT2D eigenvalue weighted by atomic mass is 14.9. The first kappa shape index (κ1) is 29.5. The highest BCUT2D eigenvalue weighted by Crippen LogP contribution is 2.53. The maximum Gasteiger partial charge on any atom is 0.160 e. The van der Waals surface area contributed by atoms with E-state index in [1.54, 1.807) is 0 Å². The molecule has 3 heteroatoms. The van der Waals surface area contributed by atoms with Crippen LogP contribution >= 0.6 is 0 Å². The fraction of sp³-hybridized carbons (Fsp3) is 0.0625. The molecule has 240 valence electrons. The third kappa shape index (κ3) is 4.69. The van der Waals surface area contributed by atoms with Crippen molar-refractivity contribution in [1.82, 2.24) is 15.0 Å². The molecule has 0 bridgehead atoms. The Labute approximate surface area is 297 Å². The topological polar surface area (TPSA) is 38.7 Å². The first-order chi connectivity index (χ1) is 25.0. The van der Waals surface area contributed by atoms with Crippen molar-refractivity contribution < 1.29 is 0 Å². The summed E-state index contributed by atoms with van der Waals surface area (Å²) in [5, 5.41) is 5.98. The predicted octanol–water partition coefficient (Wildman–Crippen LogP) is 12.3. The number of benzene rings is 7. The summed E-state index contributed by atoms with van der Waals surface area (Å²) in [6, 6.07) is 56.4. The molecule has 1 aliphatic rings. The molecule has 51 heavy (non-hydrogen) atoms. The fourth-order valence-corrected chi connectivity index (χ4v) is 8.14. The summed E-state index contributed by atoms with van der Waals surface area (Å²) in [5.74, 6) is 0.715. The second-order valence-corrected chi connectivity index (χ2v) is 14.0. The maximum absolute atomic E-state index is 5.32. The van der Waals surface area contributed by atoms with E-state index >= 15 is 0 Å². The molecule has 0 fully saturated rings. The van der Waals surface area contributed by atoms with Gasteiger partial charge in [-0.15, -0.1) is 0 Å². The average Bonchev–Trinajstić information content (AvgIpc) is 3.41. The molecule has 0 saturated heterocycles. The Kier molecular flexibility index (Phi) is 6.53. The summed E-state index contributed by atoms with van der Waals surface area (Å²) in [6.45, 7) is 4.69. The Morgan fingerprint density at radius 2 is 1.12 bits per heavy atom. The molecule has 9 aromatic rings. The number of pyridine rings is 1. The van der Waals surface area contributed by atoms with Gasteiger partial charge < -0.3 is 0 Å². The van der Waals surface area contributed by atoms with E-state index < -0.39 is 0 Å². The highest BCUT2D eigenvalue weighted by molar-refractivity contribution is 6.06. The number of nitrogens with zero attached hydrogens (tertiary/aromatic N) is 3. The second-order valence-electron chi connectivity index (χ2n) is 14.0. The number of fused-ring (bicyclic) bond motifs is 6. The van der Waals surface area contributed by atoms with Crippen LogP contribution in [0.2, 0.25) is 0 Å². The molecule has 0 radical (unpaired) electrons. The molecule has 0 amide bonds. The lowest BCUT2D eigenvalue weighted by Gasteiger charge is -2.22. The van der Waals surface area contributed by atoms with Gasteiger partial charge in [0.05, 0.1) is 16.9 Å². The molecular weight excluding hydrogens is 619 g/mol. The van der Waals surface area contributed by atoms with Crippen LogP contribution in [-0.2, 0) is 5.41 Å². The summed E-state index contributed by atoms with van der Waals surface area (Å²) >= 11 is 0. The van der Waals surface area contributed by atoms with E-state index in [9.17, 15) is 0 Å². The highest BCUT2D eigenvalue weighted by Gasteiger charge is 2.37. The molecule has 2 aromatic heterocycles. The number of hydrogen-bond acceptors (Lipinski definition) is 3. The van der Waals surface area contributed by atoms with Crippen molar-refractivity contribution in [2.75, 3.05) is 0 Å². The molecule has 0 unspecified atom stereocenters. The van der Waals surface area contributed by atoms with Crippen molar-refractivity contribution >= 4 is 32.4 Å². The SMILES string of the molecule is CC1(C)c2cc3ccccc3cc2-c2c(-c3cc(-c4ccc(-c5ccc6ncccc6c5)c5ccccc45)nc(-c4ccccc4)n3)cccc21. The van der Waals surface area contributed by atoms with Crippen LogP contribution in [0.5, 0.6) is 0 Å². The zero-order chi connectivity index (χ0) is 34.1. The predicted molar refractivity (Wildman–Crippen MR) is 212 cm³/mol. The van der Waals surface area contributed by atoms with Crippen LogP contribution in [-0.4, -0.2) is 15.0 Å². The van der Waals surface area contributed by atoms with Crippen molar-refractivity contribution in [1.29, 1.82) is 0 Å². The zero-order valence-corrected chi connectivity index (χ0v) is 28.4. The molecular formula is C48H33N3. The fourth-order valence-electron chi connectivity index (χ4n) is 8.14. The molecule has 0 spiro atoms. The van der Waals surface area contributed by atoms with Crippen LogP contribution in [0, 0.1) is 0 Å². The molecule has 0 N–H and O–H groups in total. The van der Waals surface area contributed by atoms with Gasteiger partial charge in [-0.25, -0.2) is 9.97 Å². The van der Waals surface area contributed by atoms with Gasteiger partial charge >= 0.3 is 0 Å². The van der Waals surface area contributed by atoms with E-state index in [2.05, 4.69) is 164 Å². The van der Waals surface area contributed by atoms with Gasteiger partial charge in [-0.3, -0.25) is 4.98 Å². The Morgan fingerprint density at radius 1 is 0.431 bits per heavy atom. The molecule has 10 rings (SSSR count).